The SMILES string of the molecule is CNS(=O)(=O)c1ccc(NC(=O)c2[nH]ncc2[N+](=O)[O-])cc1. The number of hydrogen-bond acceptors (Lipinski definition) is 6. The molecule has 2 rings (SSSR count). The van der Waals surface area contributed by atoms with Gasteiger partial charge in [0.05, 0.1) is 9.82 Å². The summed E-state index contributed by atoms with van der Waals surface area (Å²) < 4.78 is 25.3. The number of nitro groups is 1. The Morgan fingerprint density at radius 1 is 1.32 bits per heavy atom. The number of nitrogens with one attached hydrogen (secondary N) is 3. The van der Waals surface area contributed by atoms with Crippen LogP contribution in [-0.2, 0) is 10.0 Å². The van der Waals surface area contributed by atoms with Crippen LogP contribution in [-0.4, -0.2) is 36.5 Å². The summed E-state index contributed by atoms with van der Waals surface area (Å²) in [7, 11) is -2.29. The first kappa shape index (κ1) is 15.6. The van der Waals surface area contributed by atoms with Crippen molar-refractivity contribution in [3.05, 3.63) is 46.3 Å². The van der Waals surface area contributed by atoms with Gasteiger partial charge in [0.15, 0.2) is 0 Å². The fourth-order valence-corrected chi connectivity index (χ4v) is 2.34. The van der Waals surface area contributed by atoms with Crippen molar-refractivity contribution in [2.75, 3.05) is 12.4 Å². The Kier molecular flexibility index (Phi) is 4.19. The van der Waals surface area contributed by atoms with Gasteiger partial charge >= 0.3 is 5.69 Å². The van der Waals surface area contributed by atoms with Crippen LogP contribution in [0.4, 0.5) is 11.4 Å². The summed E-state index contributed by atoms with van der Waals surface area (Å²) in [5.74, 6) is -0.756. The van der Waals surface area contributed by atoms with Gasteiger partial charge in [-0.15, -0.1) is 0 Å². The van der Waals surface area contributed by atoms with Crippen molar-refractivity contribution < 1.29 is 18.1 Å². The van der Waals surface area contributed by atoms with Crippen LogP contribution in [0.1, 0.15) is 10.5 Å². The second-order valence-corrected chi connectivity index (χ2v) is 5.96. The number of amides is 1. The molecule has 0 bridgehead atoms. The highest BCUT2D eigenvalue weighted by Gasteiger charge is 2.22. The molecule has 0 saturated heterocycles. The summed E-state index contributed by atoms with van der Waals surface area (Å²) in [6.07, 6.45) is 0.928. The summed E-state index contributed by atoms with van der Waals surface area (Å²) >= 11 is 0. The second-order valence-electron chi connectivity index (χ2n) is 4.07. The van der Waals surface area contributed by atoms with E-state index in [1.165, 1.54) is 31.3 Å². The largest absolute Gasteiger partial charge is 0.320 e. The van der Waals surface area contributed by atoms with Gasteiger partial charge in [0.25, 0.3) is 5.91 Å². The Hall–Kier alpha value is -2.79. The summed E-state index contributed by atoms with van der Waals surface area (Å²) in [5, 5.41) is 18.8. The van der Waals surface area contributed by atoms with Crippen molar-refractivity contribution in [3.63, 3.8) is 0 Å². The molecule has 0 spiro atoms. The normalized spacial score (nSPS) is 11.1. The van der Waals surface area contributed by atoms with Gasteiger partial charge in [-0.1, -0.05) is 0 Å². The molecule has 11 heteroatoms. The van der Waals surface area contributed by atoms with Crippen molar-refractivity contribution in [2.24, 2.45) is 0 Å². The number of nitrogens with zero attached hydrogens (tertiary/aromatic N) is 2. The van der Waals surface area contributed by atoms with E-state index in [-0.39, 0.29) is 16.3 Å². The maximum Gasteiger partial charge on any atom is 0.319 e. The Morgan fingerprint density at radius 3 is 2.50 bits per heavy atom. The first-order chi connectivity index (χ1) is 10.3. The molecule has 2 aromatic rings. The average Bonchev–Trinajstić information content (AvgIpc) is 2.97. The van der Waals surface area contributed by atoms with E-state index in [9.17, 15) is 23.3 Å². The van der Waals surface area contributed by atoms with Crippen molar-refractivity contribution >= 4 is 27.3 Å². The molecule has 1 aromatic heterocycles. The Morgan fingerprint density at radius 2 is 1.95 bits per heavy atom. The number of aromatic amines is 1. The molecule has 10 nitrogen and oxygen atoms in total. The zero-order chi connectivity index (χ0) is 16.3. The Labute approximate surface area is 124 Å². The lowest BCUT2D eigenvalue weighted by atomic mass is 10.3. The highest BCUT2D eigenvalue weighted by molar-refractivity contribution is 7.89. The molecule has 0 aliphatic heterocycles. The van der Waals surface area contributed by atoms with E-state index in [1.807, 2.05) is 0 Å². The maximum absolute atomic E-state index is 11.9. The second kappa shape index (κ2) is 5.91. The van der Waals surface area contributed by atoms with Crippen LogP contribution in [0.15, 0.2) is 35.4 Å². The molecular formula is C11H11N5O5S. The molecular weight excluding hydrogens is 314 g/mol. The molecule has 0 fully saturated rings. The smallest absolute Gasteiger partial charge is 0.319 e. The molecule has 1 amide bonds. The minimum absolute atomic E-state index is 0.0283. The zero-order valence-corrected chi connectivity index (χ0v) is 12.0. The number of anilines is 1. The molecule has 0 radical (unpaired) electrons. The molecule has 0 aliphatic rings. The van der Waals surface area contributed by atoms with Crippen molar-refractivity contribution in [1.29, 1.82) is 0 Å². The highest BCUT2D eigenvalue weighted by atomic mass is 32.2. The zero-order valence-electron chi connectivity index (χ0n) is 11.2. The van der Waals surface area contributed by atoms with Crippen LogP contribution in [0.5, 0.6) is 0 Å². The van der Waals surface area contributed by atoms with E-state index in [4.69, 9.17) is 0 Å². The van der Waals surface area contributed by atoms with E-state index in [0.717, 1.165) is 6.20 Å². The predicted molar refractivity (Wildman–Crippen MR) is 75.9 cm³/mol. The van der Waals surface area contributed by atoms with Crippen LogP contribution < -0.4 is 10.0 Å². The average molecular weight is 325 g/mol. The molecule has 0 unspecified atom stereocenters. The first-order valence-corrected chi connectivity index (χ1v) is 7.36. The number of aromatic nitrogens is 2. The number of benzene rings is 1. The molecule has 1 heterocycles. The quantitative estimate of drug-likeness (QED) is 0.538. The third kappa shape index (κ3) is 3.10. The van der Waals surface area contributed by atoms with E-state index >= 15 is 0 Å². The third-order valence-electron chi connectivity index (χ3n) is 2.73. The number of H-pyrrole nitrogens is 1. The first-order valence-electron chi connectivity index (χ1n) is 5.88. The molecule has 3 N–H and O–H groups in total. The lowest BCUT2D eigenvalue weighted by molar-refractivity contribution is -0.385. The predicted octanol–water partition coefficient (Wildman–Crippen LogP) is 0.478. The van der Waals surface area contributed by atoms with E-state index in [1.54, 1.807) is 0 Å². The van der Waals surface area contributed by atoms with Gasteiger partial charge in [0.1, 0.15) is 6.20 Å². The minimum Gasteiger partial charge on any atom is -0.320 e. The number of hydrogen-bond donors (Lipinski definition) is 3. The summed E-state index contributed by atoms with van der Waals surface area (Å²) in [6, 6.07) is 5.32. The number of rotatable bonds is 5. The molecule has 0 aliphatic carbocycles. The Balaban J connectivity index is 2.19. The lowest BCUT2D eigenvalue weighted by Gasteiger charge is -2.05. The van der Waals surface area contributed by atoms with Gasteiger partial charge in [0, 0.05) is 5.69 Å². The molecule has 1 aromatic carbocycles. The summed E-state index contributed by atoms with van der Waals surface area (Å²) in [6.45, 7) is 0. The molecule has 22 heavy (non-hydrogen) atoms. The van der Waals surface area contributed by atoms with Crippen molar-refractivity contribution in [3.8, 4) is 0 Å². The molecule has 0 atom stereocenters. The van der Waals surface area contributed by atoms with Gasteiger partial charge in [0.2, 0.25) is 15.7 Å². The van der Waals surface area contributed by atoms with E-state index in [0.29, 0.717) is 0 Å². The van der Waals surface area contributed by atoms with Gasteiger partial charge in [-0.25, -0.2) is 13.1 Å². The van der Waals surface area contributed by atoms with Gasteiger partial charge in [-0.05, 0) is 31.3 Å². The fraction of sp³-hybridized carbons (Fsp3) is 0.0909. The Bertz CT molecular complexity index is 812. The highest BCUT2D eigenvalue weighted by Crippen LogP contribution is 2.18. The van der Waals surface area contributed by atoms with Crippen LogP contribution in [0.25, 0.3) is 0 Å². The van der Waals surface area contributed by atoms with Gasteiger partial charge in [-0.2, -0.15) is 5.10 Å². The summed E-state index contributed by atoms with van der Waals surface area (Å²) in [4.78, 5) is 21.9. The van der Waals surface area contributed by atoms with Crippen LogP contribution in [0.3, 0.4) is 0 Å². The minimum atomic E-state index is -3.57. The van der Waals surface area contributed by atoms with Crippen molar-refractivity contribution in [1.82, 2.24) is 14.9 Å². The van der Waals surface area contributed by atoms with Crippen LogP contribution in [0.2, 0.25) is 0 Å². The lowest BCUT2D eigenvalue weighted by Crippen LogP contribution is -2.18. The standard InChI is InChI=1S/C11H11N5O5S/c1-12-22(20,21)8-4-2-7(3-5-8)14-11(17)10-9(16(18)19)6-13-15-10/h2-6,12H,1H3,(H,13,15)(H,14,17). The molecule has 116 valence electrons. The van der Waals surface area contributed by atoms with Crippen LogP contribution >= 0.6 is 0 Å². The van der Waals surface area contributed by atoms with Gasteiger partial charge < -0.3 is 5.32 Å². The topological polar surface area (TPSA) is 147 Å². The third-order valence-corrected chi connectivity index (χ3v) is 4.16. The molecule has 0 saturated carbocycles. The number of sulfonamides is 1. The van der Waals surface area contributed by atoms with Crippen molar-refractivity contribution in [2.45, 2.75) is 4.90 Å². The number of carbonyl (C=O) groups is 1. The number of carbonyl (C=O) groups excluding carboxylic acids is 1. The maximum atomic E-state index is 11.9. The van der Waals surface area contributed by atoms with E-state index in [2.05, 4.69) is 20.2 Å². The summed E-state index contributed by atoms with van der Waals surface area (Å²) in [5.41, 5.74) is -0.465. The van der Waals surface area contributed by atoms with Gasteiger partial charge in [-0.3, -0.25) is 20.0 Å². The van der Waals surface area contributed by atoms with E-state index < -0.39 is 26.5 Å². The van der Waals surface area contributed by atoms with Crippen LogP contribution in [0, 0.1) is 10.1 Å². The fourth-order valence-electron chi connectivity index (χ4n) is 1.61. The monoisotopic (exact) mass is 325 g/mol.